The number of methoxy groups -OCH3 is 1. The molecule has 3 rings (SSSR count). The second-order valence-corrected chi connectivity index (χ2v) is 5.88. The molecule has 0 fully saturated rings. The maximum atomic E-state index is 13.8. The van der Waals surface area contributed by atoms with E-state index in [-0.39, 0.29) is 12.1 Å². The highest BCUT2D eigenvalue weighted by molar-refractivity contribution is 6.04. The summed E-state index contributed by atoms with van der Waals surface area (Å²) in [4.78, 5) is 25.0. The monoisotopic (exact) mass is 388 g/mol. The van der Waals surface area contributed by atoms with Gasteiger partial charge < -0.3 is 14.6 Å². The summed E-state index contributed by atoms with van der Waals surface area (Å²) in [6.45, 7) is 0.177. The summed E-state index contributed by atoms with van der Waals surface area (Å²) in [7, 11) is 1.52. The summed E-state index contributed by atoms with van der Waals surface area (Å²) in [5.41, 5.74) is -0.683. The molecule has 0 aliphatic heterocycles. The van der Waals surface area contributed by atoms with E-state index < -0.39 is 34.6 Å². The van der Waals surface area contributed by atoms with Crippen LogP contribution in [0.3, 0.4) is 0 Å². The van der Waals surface area contributed by atoms with Gasteiger partial charge in [-0.05, 0) is 42.0 Å². The molecule has 0 saturated heterocycles. The zero-order chi connectivity index (χ0) is 20.3. The number of rotatable bonds is 5. The molecule has 0 saturated carbocycles. The molecule has 0 unspecified atom stereocenters. The Kier molecular flexibility index (Phi) is 5.49. The predicted molar refractivity (Wildman–Crippen MR) is 97.1 cm³/mol. The number of carbonyl (C=O) groups is 1. The number of benzene rings is 2. The number of halogens is 3. The molecule has 8 heteroatoms. The second kappa shape index (κ2) is 7.99. The second-order valence-electron chi connectivity index (χ2n) is 5.88. The minimum absolute atomic E-state index is 0.177. The van der Waals surface area contributed by atoms with Gasteiger partial charge in [-0.3, -0.25) is 9.59 Å². The number of carbonyl (C=O) groups excluding carboxylic acids is 1. The average Bonchev–Trinajstić information content (AvgIpc) is 2.70. The van der Waals surface area contributed by atoms with Crippen LogP contribution in [-0.4, -0.2) is 17.6 Å². The Hall–Kier alpha value is -3.55. The third-order valence-electron chi connectivity index (χ3n) is 4.04. The van der Waals surface area contributed by atoms with Crippen molar-refractivity contribution in [1.29, 1.82) is 0 Å². The van der Waals surface area contributed by atoms with Crippen molar-refractivity contribution < 1.29 is 22.7 Å². The number of hydrogen-bond donors (Lipinski definition) is 1. The lowest BCUT2D eigenvalue weighted by atomic mass is 10.2. The molecule has 144 valence electrons. The highest BCUT2D eigenvalue weighted by atomic mass is 19.2. The van der Waals surface area contributed by atoms with Crippen molar-refractivity contribution in [2.45, 2.75) is 6.54 Å². The van der Waals surface area contributed by atoms with E-state index in [1.54, 1.807) is 24.3 Å². The number of ether oxygens (including phenoxy) is 1. The summed E-state index contributed by atoms with van der Waals surface area (Å²) in [6, 6.07) is 11.4. The maximum Gasteiger partial charge on any atom is 0.263 e. The van der Waals surface area contributed by atoms with E-state index >= 15 is 0 Å². The first-order chi connectivity index (χ1) is 13.4. The van der Waals surface area contributed by atoms with Gasteiger partial charge in [0.05, 0.1) is 19.3 Å². The molecule has 1 N–H and O–H groups in total. The van der Waals surface area contributed by atoms with Gasteiger partial charge in [-0.2, -0.15) is 0 Å². The molecule has 0 bridgehead atoms. The van der Waals surface area contributed by atoms with Crippen molar-refractivity contribution in [2.24, 2.45) is 0 Å². The van der Waals surface area contributed by atoms with Crippen molar-refractivity contribution in [3.8, 4) is 5.75 Å². The largest absolute Gasteiger partial charge is 0.497 e. The Morgan fingerprint density at radius 1 is 1.07 bits per heavy atom. The van der Waals surface area contributed by atoms with E-state index in [4.69, 9.17) is 4.74 Å². The van der Waals surface area contributed by atoms with Gasteiger partial charge in [0.25, 0.3) is 11.5 Å². The van der Waals surface area contributed by atoms with Crippen LogP contribution in [0.1, 0.15) is 15.9 Å². The van der Waals surface area contributed by atoms with E-state index in [1.165, 1.54) is 30.0 Å². The molecule has 1 aromatic heterocycles. The fraction of sp³-hybridized carbons (Fsp3) is 0.100. The van der Waals surface area contributed by atoms with Crippen molar-refractivity contribution >= 4 is 11.6 Å². The van der Waals surface area contributed by atoms with Gasteiger partial charge in [-0.15, -0.1) is 0 Å². The number of hydrogen-bond acceptors (Lipinski definition) is 3. The van der Waals surface area contributed by atoms with Crippen LogP contribution in [0, 0.1) is 17.5 Å². The fourth-order valence-corrected chi connectivity index (χ4v) is 2.61. The zero-order valence-corrected chi connectivity index (χ0v) is 14.7. The molecule has 0 aliphatic carbocycles. The average molecular weight is 388 g/mol. The molecule has 1 amide bonds. The summed E-state index contributed by atoms with van der Waals surface area (Å²) in [5, 5.41) is 2.09. The molecule has 0 radical (unpaired) electrons. The Balaban J connectivity index is 1.87. The quantitative estimate of drug-likeness (QED) is 0.680. The van der Waals surface area contributed by atoms with Gasteiger partial charge in [0.15, 0.2) is 17.5 Å². The number of pyridine rings is 1. The lowest BCUT2D eigenvalue weighted by Crippen LogP contribution is -2.29. The first kappa shape index (κ1) is 19.2. The standard InChI is InChI=1S/C20H15F3N2O3/c1-28-13-5-2-4-12(10-13)11-25-9-3-6-14(20(25)27)19(26)24-16-8-7-15(21)17(22)18(16)23/h2-10H,11H2,1H3,(H,24,26). The van der Waals surface area contributed by atoms with Gasteiger partial charge in [-0.1, -0.05) is 12.1 Å². The molecule has 0 spiro atoms. The SMILES string of the molecule is COc1cccc(Cn2cccc(C(=O)Nc3ccc(F)c(F)c3F)c2=O)c1. The molecule has 28 heavy (non-hydrogen) atoms. The molecule has 0 atom stereocenters. The van der Waals surface area contributed by atoms with E-state index in [0.717, 1.165) is 11.6 Å². The van der Waals surface area contributed by atoms with Crippen molar-refractivity contribution in [3.05, 3.63) is 93.7 Å². The Morgan fingerprint density at radius 2 is 1.86 bits per heavy atom. The third-order valence-corrected chi connectivity index (χ3v) is 4.04. The smallest absolute Gasteiger partial charge is 0.263 e. The van der Waals surface area contributed by atoms with E-state index in [2.05, 4.69) is 5.32 Å². The minimum Gasteiger partial charge on any atom is -0.497 e. The predicted octanol–water partition coefficient (Wildman–Crippen LogP) is 3.57. The third kappa shape index (κ3) is 3.90. The first-order valence-electron chi connectivity index (χ1n) is 8.18. The van der Waals surface area contributed by atoms with E-state index in [1.807, 2.05) is 0 Å². The van der Waals surface area contributed by atoms with Gasteiger partial charge >= 0.3 is 0 Å². The van der Waals surface area contributed by atoms with Crippen LogP contribution in [0.2, 0.25) is 0 Å². The molecule has 2 aromatic carbocycles. The Morgan fingerprint density at radius 3 is 2.61 bits per heavy atom. The topological polar surface area (TPSA) is 60.3 Å². The van der Waals surface area contributed by atoms with Gasteiger partial charge in [-0.25, -0.2) is 13.2 Å². The number of nitrogens with one attached hydrogen (secondary N) is 1. The zero-order valence-electron chi connectivity index (χ0n) is 14.7. The highest BCUT2D eigenvalue weighted by Gasteiger charge is 2.18. The van der Waals surface area contributed by atoms with Crippen LogP contribution in [0.5, 0.6) is 5.75 Å². The molecule has 3 aromatic rings. The molecule has 1 heterocycles. The normalized spacial score (nSPS) is 10.6. The number of nitrogens with zero attached hydrogens (tertiary/aromatic N) is 1. The molecule has 5 nitrogen and oxygen atoms in total. The maximum absolute atomic E-state index is 13.8. The Bertz CT molecular complexity index is 1100. The van der Waals surface area contributed by atoms with Crippen LogP contribution in [0.4, 0.5) is 18.9 Å². The lowest BCUT2D eigenvalue weighted by molar-refractivity contribution is 0.102. The minimum atomic E-state index is -1.71. The van der Waals surface area contributed by atoms with Gasteiger partial charge in [0.2, 0.25) is 0 Å². The van der Waals surface area contributed by atoms with Gasteiger partial charge in [0, 0.05) is 6.20 Å². The molecular formula is C20H15F3N2O3. The summed E-state index contributed by atoms with van der Waals surface area (Å²) < 4.78 is 46.5. The number of amides is 1. The number of anilines is 1. The van der Waals surface area contributed by atoms with Crippen LogP contribution in [-0.2, 0) is 6.54 Å². The van der Waals surface area contributed by atoms with E-state index in [0.29, 0.717) is 11.8 Å². The molecule has 0 aliphatic rings. The van der Waals surface area contributed by atoms with Crippen LogP contribution < -0.4 is 15.6 Å². The van der Waals surface area contributed by atoms with E-state index in [9.17, 15) is 22.8 Å². The number of aromatic nitrogens is 1. The summed E-state index contributed by atoms with van der Waals surface area (Å²) >= 11 is 0. The highest BCUT2D eigenvalue weighted by Crippen LogP contribution is 2.20. The fourth-order valence-electron chi connectivity index (χ4n) is 2.61. The first-order valence-corrected chi connectivity index (χ1v) is 8.18. The summed E-state index contributed by atoms with van der Waals surface area (Å²) in [5.74, 6) is -4.94. The Labute approximate surface area is 158 Å². The van der Waals surface area contributed by atoms with Crippen molar-refractivity contribution in [1.82, 2.24) is 4.57 Å². The van der Waals surface area contributed by atoms with Crippen molar-refractivity contribution in [2.75, 3.05) is 12.4 Å². The van der Waals surface area contributed by atoms with Crippen LogP contribution >= 0.6 is 0 Å². The van der Waals surface area contributed by atoms with Crippen LogP contribution in [0.25, 0.3) is 0 Å². The van der Waals surface area contributed by atoms with Crippen molar-refractivity contribution in [3.63, 3.8) is 0 Å². The van der Waals surface area contributed by atoms with Crippen LogP contribution in [0.15, 0.2) is 59.5 Å². The summed E-state index contributed by atoms with van der Waals surface area (Å²) in [6.07, 6.45) is 1.50. The molecular weight excluding hydrogens is 373 g/mol. The lowest BCUT2D eigenvalue weighted by Gasteiger charge is -2.10. The van der Waals surface area contributed by atoms with Gasteiger partial charge in [0.1, 0.15) is 11.3 Å².